The van der Waals surface area contributed by atoms with E-state index in [1.54, 1.807) is 14.1 Å². The molecular formula is C10H25N3O2S. The summed E-state index contributed by atoms with van der Waals surface area (Å²) in [4.78, 5) is 0. The molecule has 0 spiro atoms. The van der Waals surface area contributed by atoms with Gasteiger partial charge >= 0.3 is 0 Å². The summed E-state index contributed by atoms with van der Waals surface area (Å²) in [5, 5.41) is 3.26. The Bertz CT molecular complexity index is 278. The van der Waals surface area contributed by atoms with Crippen LogP contribution in [0.4, 0.5) is 0 Å². The molecule has 98 valence electrons. The summed E-state index contributed by atoms with van der Waals surface area (Å²) in [5.74, 6) is 0. The highest BCUT2D eigenvalue weighted by atomic mass is 32.2. The molecule has 0 unspecified atom stereocenters. The standard InChI is InChI=1S/C10H25N3O2S/c1-6-12(4)16(14,15)13(5)9-7-8-11-10(2)3/h10-11H,6-9H2,1-5H3. The van der Waals surface area contributed by atoms with Gasteiger partial charge in [0.25, 0.3) is 10.2 Å². The summed E-state index contributed by atoms with van der Waals surface area (Å²) in [6, 6.07) is 0.445. The van der Waals surface area contributed by atoms with E-state index in [1.165, 1.54) is 8.61 Å². The summed E-state index contributed by atoms with van der Waals surface area (Å²) in [6.45, 7) is 7.86. The molecule has 1 N–H and O–H groups in total. The SMILES string of the molecule is CCN(C)S(=O)(=O)N(C)CCCNC(C)C. The zero-order valence-corrected chi connectivity index (χ0v) is 11.8. The molecule has 0 aromatic heterocycles. The van der Waals surface area contributed by atoms with Crippen LogP contribution in [0.5, 0.6) is 0 Å². The van der Waals surface area contributed by atoms with Crippen molar-refractivity contribution in [1.82, 2.24) is 13.9 Å². The molecule has 0 bridgehead atoms. The Balaban J connectivity index is 4.01. The second kappa shape index (κ2) is 7.21. The minimum Gasteiger partial charge on any atom is -0.314 e. The van der Waals surface area contributed by atoms with E-state index in [-0.39, 0.29) is 0 Å². The second-order valence-electron chi connectivity index (χ2n) is 4.21. The fraction of sp³-hybridized carbons (Fsp3) is 1.00. The number of hydrogen-bond acceptors (Lipinski definition) is 3. The molecule has 0 saturated carbocycles. The van der Waals surface area contributed by atoms with Crippen molar-refractivity contribution in [1.29, 1.82) is 0 Å². The molecule has 0 aliphatic rings. The van der Waals surface area contributed by atoms with Gasteiger partial charge in [0, 0.05) is 33.2 Å². The summed E-state index contributed by atoms with van der Waals surface area (Å²) in [7, 11) is -0.0335. The fourth-order valence-corrected chi connectivity index (χ4v) is 2.37. The minimum atomic E-state index is -3.25. The van der Waals surface area contributed by atoms with Crippen LogP contribution in [0.15, 0.2) is 0 Å². The van der Waals surface area contributed by atoms with Crippen molar-refractivity contribution in [3.8, 4) is 0 Å². The first-order chi connectivity index (χ1) is 7.32. The molecule has 0 saturated heterocycles. The third kappa shape index (κ3) is 5.25. The van der Waals surface area contributed by atoms with Crippen LogP contribution in [0.1, 0.15) is 27.2 Å². The summed E-state index contributed by atoms with van der Waals surface area (Å²) >= 11 is 0. The number of hydrogen-bond donors (Lipinski definition) is 1. The Hall–Kier alpha value is -0.170. The van der Waals surface area contributed by atoms with Crippen LogP contribution < -0.4 is 5.32 Å². The predicted octanol–water partition coefficient (Wildman–Crippen LogP) is 0.503. The summed E-state index contributed by atoms with van der Waals surface area (Å²) < 4.78 is 26.4. The molecule has 0 atom stereocenters. The molecule has 0 fully saturated rings. The van der Waals surface area contributed by atoms with Crippen molar-refractivity contribution in [2.75, 3.05) is 33.7 Å². The van der Waals surface area contributed by atoms with Gasteiger partial charge in [-0.05, 0) is 13.0 Å². The maximum absolute atomic E-state index is 11.8. The molecule has 0 aliphatic heterocycles. The normalized spacial score (nSPS) is 13.0. The number of rotatable bonds is 8. The van der Waals surface area contributed by atoms with Crippen LogP contribution in [0.2, 0.25) is 0 Å². The zero-order chi connectivity index (χ0) is 12.8. The van der Waals surface area contributed by atoms with Crippen molar-refractivity contribution in [3.05, 3.63) is 0 Å². The fourth-order valence-electron chi connectivity index (χ4n) is 1.21. The van der Waals surface area contributed by atoms with E-state index in [1.807, 2.05) is 6.92 Å². The molecule has 6 heteroatoms. The smallest absolute Gasteiger partial charge is 0.281 e. The van der Waals surface area contributed by atoms with Gasteiger partial charge in [0.15, 0.2) is 0 Å². The van der Waals surface area contributed by atoms with E-state index >= 15 is 0 Å². The van der Waals surface area contributed by atoms with Gasteiger partial charge in [-0.1, -0.05) is 20.8 Å². The van der Waals surface area contributed by atoms with Crippen LogP contribution >= 0.6 is 0 Å². The van der Waals surface area contributed by atoms with E-state index < -0.39 is 10.2 Å². The van der Waals surface area contributed by atoms with Gasteiger partial charge in [0.1, 0.15) is 0 Å². The molecular weight excluding hydrogens is 226 g/mol. The van der Waals surface area contributed by atoms with E-state index in [4.69, 9.17) is 0 Å². The Morgan fingerprint density at radius 1 is 1.19 bits per heavy atom. The maximum atomic E-state index is 11.8. The van der Waals surface area contributed by atoms with Crippen molar-refractivity contribution < 1.29 is 8.42 Å². The maximum Gasteiger partial charge on any atom is 0.281 e. The predicted molar refractivity (Wildman–Crippen MR) is 67.6 cm³/mol. The summed E-state index contributed by atoms with van der Waals surface area (Å²) in [6.07, 6.45) is 0.825. The Labute approximate surface area is 100.0 Å². The quantitative estimate of drug-likeness (QED) is 0.639. The summed E-state index contributed by atoms with van der Waals surface area (Å²) in [5.41, 5.74) is 0. The first kappa shape index (κ1) is 15.8. The van der Waals surface area contributed by atoms with Gasteiger partial charge in [-0.25, -0.2) is 0 Å². The molecule has 16 heavy (non-hydrogen) atoms. The third-order valence-electron chi connectivity index (χ3n) is 2.44. The third-order valence-corrected chi connectivity index (χ3v) is 4.45. The van der Waals surface area contributed by atoms with Crippen LogP contribution in [0, 0.1) is 0 Å². The second-order valence-corrected chi connectivity index (χ2v) is 6.35. The van der Waals surface area contributed by atoms with Crippen LogP contribution in [0.3, 0.4) is 0 Å². The van der Waals surface area contributed by atoms with Gasteiger partial charge in [0.05, 0.1) is 0 Å². The lowest BCUT2D eigenvalue weighted by Crippen LogP contribution is -2.40. The minimum absolute atomic E-state index is 0.445. The molecule has 5 nitrogen and oxygen atoms in total. The average molecular weight is 251 g/mol. The van der Waals surface area contributed by atoms with Gasteiger partial charge in [-0.2, -0.15) is 17.0 Å². The van der Waals surface area contributed by atoms with E-state index in [9.17, 15) is 8.42 Å². The first-order valence-electron chi connectivity index (χ1n) is 5.73. The van der Waals surface area contributed by atoms with Gasteiger partial charge in [-0.15, -0.1) is 0 Å². The van der Waals surface area contributed by atoms with Crippen LogP contribution in [-0.4, -0.2) is 56.8 Å². The number of nitrogens with one attached hydrogen (secondary N) is 1. The molecule has 0 rings (SSSR count). The monoisotopic (exact) mass is 251 g/mol. The van der Waals surface area contributed by atoms with Crippen molar-refractivity contribution >= 4 is 10.2 Å². The molecule has 0 aliphatic carbocycles. The molecule has 0 amide bonds. The average Bonchev–Trinajstić information content (AvgIpc) is 2.22. The lowest BCUT2D eigenvalue weighted by atomic mass is 10.3. The van der Waals surface area contributed by atoms with Crippen LogP contribution in [-0.2, 0) is 10.2 Å². The first-order valence-corrected chi connectivity index (χ1v) is 7.13. The topological polar surface area (TPSA) is 52.7 Å². The largest absolute Gasteiger partial charge is 0.314 e. The van der Waals surface area contributed by atoms with Crippen molar-refractivity contribution in [2.24, 2.45) is 0 Å². The van der Waals surface area contributed by atoms with E-state index in [2.05, 4.69) is 19.2 Å². The van der Waals surface area contributed by atoms with Crippen molar-refractivity contribution in [2.45, 2.75) is 33.2 Å². The highest BCUT2D eigenvalue weighted by molar-refractivity contribution is 7.86. The molecule has 0 heterocycles. The lowest BCUT2D eigenvalue weighted by molar-refractivity contribution is 0.392. The highest BCUT2D eigenvalue weighted by Gasteiger charge is 2.21. The molecule has 0 aromatic carbocycles. The molecule has 0 radical (unpaired) electrons. The zero-order valence-electron chi connectivity index (χ0n) is 11.0. The lowest BCUT2D eigenvalue weighted by Gasteiger charge is -2.23. The molecule has 0 aromatic rings. The van der Waals surface area contributed by atoms with Crippen molar-refractivity contribution in [3.63, 3.8) is 0 Å². The van der Waals surface area contributed by atoms with Gasteiger partial charge in [0.2, 0.25) is 0 Å². The highest BCUT2D eigenvalue weighted by Crippen LogP contribution is 2.03. The Morgan fingerprint density at radius 2 is 1.75 bits per heavy atom. The van der Waals surface area contributed by atoms with E-state index in [0.717, 1.165) is 13.0 Å². The Kier molecular flexibility index (Phi) is 7.14. The van der Waals surface area contributed by atoms with Gasteiger partial charge < -0.3 is 5.32 Å². The van der Waals surface area contributed by atoms with E-state index in [0.29, 0.717) is 19.1 Å². The van der Waals surface area contributed by atoms with Crippen LogP contribution in [0.25, 0.3) is 0 Å². The Morgan fingerprint density at radius 3 is 2.19 bits per heavy atom. The van der Waals surface area contributed by atoms with Gasteiger partial charge in [-0.3, -0.25) is 0 Å². The number of nitrogens with zero attached hydrogens (tertiary/aromatic N) is 2.